The molecule has 0 aliphatic heterocycles. The fourth-order valence-electron chi connectivity index (χ4n) is 2.05. The lowest BCUT2D eigenvalue weighted by atomic mass is 10.3. The van der Waals surface area contributed by atoms with Crippen LogP contribution in [0.2, 0.25) is 5.02 Å². The first-order valence-electron chi connectivity index (χ1n) is 5.60. The highest BCUT2D eigenvalue weighted by Crippen LogP contribution is 2.32. The Hall–Kier alpha value is -1.01. The molecule has 0 spiro atoms. The number of nitrogens with one attached hydrogen (secondary N) is 1. The summed E-state index contributed by atoms with van der Waals surface area (Å²) in [6.07, 6.45) is 2.96. The molecule has 2 rings (SSSR count). The van der Waals surface area contributed by atoms with Crippen LogP contribution in [0, 0.1) is 5.82 Å². The van der Waals surface area contributed by atoms with Crippen molar-refractivity contribution in [1.29, 1.82) is 0 Å². The lowest BCUT2D eigenvalue weighted by Gasteiger charge is -2.14. The second-order valence-electron chi connectivity index (χ2n) is 4.34. The second-order valence-corrected chi connectivity index (χ2v) is 6.71. The predicted molar refractivity (Wildman–Crippen MR) is 67.9 cm³/mol. The Balaban J connectivity index is 2.26. The SMILES string of the molecule is O=S(=O)(Nc1cc(Cl)c(F)cc1O)C1CCCC1. The van der Waals surface area contributed by atoms with E-state index in [1.807, 2.05) is 0 Å². The fourth-order valence-corrected chi connectivity index (χ4v) is 3.81. The van der Waals surface area contributed by atoms with Gasteiger partial charge in [-0.05, 0) is 18.9 Å². The maximum atomic E-state index is 13.0. The zero-order chi connectivity index (χ0) is 13.3. The lowest BCUT2D eigenvalue weighted by Crippen LogP contribution is -2.25. The van der Waals surface area contributed by atoms with Crippen molar-refractivity contribution in [2.24, 2.45) is 0 Å². The third kappa shape index (κ3) is 2.70. The summed E-state index contributed by atoms with van der Waals surface area (Å²) in [5.41, 5.74) is -0.0895. The maximum absolute atomic E-state index is 13.0. The van der Waals surface area contributed by atoms with Crippen LogP contribution in [0.25, 0.3) is 0 Å². The van der Waals surface area contributed by atoms with Gasteiger partial charge in [0.15, 0.2) is 0 Å². The molecule has 0 amide bonds. The van der Waals surface area contributed by atoms with Crippen LogP contribution in [-0.4, -0.2) is 18.8 Å². The normalized spacial score (nSPS) is 17.0. The molecule has 1 saturated carbocycles. The van der Waals surface area contributed by atoms with Crippen LogP contribution in [0.4, 0.5) is 10.1 Å². The van der Waals surface area contributed by atoms with Crippen LogP contribution in [-0.2, 0) is 10.0 Å². The number of phenols is 1. The summed E-state index contributed by atoms with van der Waals surface area (Å²) in [4.78, 5) is 0. The van der Waals surface area contributed by atoms with Gasteiger partial charge in [0.2, 0.25) is 10.0 Å². The van der Waals surface area contributed by atoms with E-state index in [1.54, 1.807) is 0 Å². The number of benzene rings is 1. The van der Waals surface area contributed by atoms with E-state index >= 15 is 0 Å². The van der Waals surface area contributed by atoms with Crippen molar-refractivity contribution in [3.63, 3.8) is 0 Å². The molecule has 0 atom stereocenters. The average molecular weight is 294 g/mol. The van der Waals surface area contributed by atoms with Gasteiger partial charge in [-0.2, -0.15) is 0 Å². The van der Waals surface area contributed by atoms with E-state index in [0.29, 0.717) is 12.8 Å². The second kappa shape index (κ2) is 4.93. The zero-order valence-corrected chi connectivity index (χ0v) is 11.1. The van der Waals surface area contributed by atoms with E-state index < -0.39 is 26.8 Å². The molecule has 1 aromatic carbocycles. The number of phenolic OH excluding ortho intramolecular Hbond substituents is 1. The summed E-state index contributed by atoms with van der Waals surface area (Å²) >= 11 is 5.55. The van der Waals surface area contributed by atoms with Gasteiger partial charge >= 0.3 is 0 Å². The molecule has 1 aliphatic rings. The average Bonchev–Trinajstić information content (AvgIpc) is 2.79. The van der Waals surface area contributed by atoms with Crippen molar-refractivity contribution in [3.05, 3.63) is 23.0 Å². The Kier molecular flexibility index (Phi) is 3.68. The molecule has 0 saturated heterocycles. The molecule has 1 aliphatic carbocycles. The van der Waals surface area contributed by atoms with Crippen molar-refractivity contribution in [2.45, 2.75) is 30.9 Å². The van der Waals surface area contributed by atoms with Gasteiger partial charge in [-0.25, -0.2) is 12.8 Å². The lowest BCUT2D eigenvalue weighted by molar-refractivity contribution is 0.471. The zero-order valence-electron chi connectivity index (χ0n) is 9.49. The van der Waals surface area contributed by atoms with Crippen LogP contribution >= 0.6 is 11.6 Å². The van der Waals surface area contributed by atoms with E-state index in [1.165, 1.54) is 0 Å². The Morgan fingerprint density at radius 2 is 1.94 bits per heavy atom. The van der Waals surface area contributed by atoms with Crippen molar-refractivity contribution in [3.8, 4) is 5.75 Å². The Morgan fingerprint density at radius 3 is 2.56 bits per heavy atom. The summed E-state index contributed by atoms with van der Waals surface area (Å²) < 4.78 is 39.3. The summed E-state index contributed by atoms with van der Waals surface area (Å²) in [5, 5.41) is 8.80. The van der Waals surface area contributed by atoms with Gasteiger partial charge in [-0.1, -0.05) is 24.4 Å². The fraction of sp³-hybridized carbons (Fsp3) is 0.455. The van der Waals surface area contributed by atoms with Gasteiger partial charge in [0.05, 0.1) is 16.0 Å². The minimum atomic E-state index is -3.56. The molecule has 2 N–H and O–H groups in total. The van der Waals surface area contributed by atoms with Crippen molar-refractivity contribution in [1.82, 2.24) is 0 Å². The number of sulfonamides is 1. The number of aromatic hydroxyl groups is 1. The van der Waals surface area contributed by atoms with Crippen LogP contribution in [0.3, 0.4) is 0 Å². The molecule has 0 radical (unpaired) electrons. The van der Waals surface area contributed by atoms with Crippen LogP contribution in [0.15, 0.2) is 12.1 Å². The van der Waals surface area contributed by atoms with E-state index in [2.05, 4.69) is 4.72 Å². The molecule has 0 unspecified atom stereocenters. The Morgan fingerprint density at radius 1 is 1.33 bits per heavy atom. The van der Waals surface area contributed by atoms with E-state index in [0.717, 1.165) is 25.0 Å². The van der Waals surface area contributed by atoms with Crippen LogP contribution < -0.4 is 4.72 Å². The van der Waals surface area contributed by atoms with Gasteiger partial charge in [-0.3, -0.25) is 4.72 Å². The third-order valence-electron chi connectivity index (χ3n) is 3.03. The Labute approximate surface area is 110 Å². The molecule has 0 heterocycles. The summed E-state index contributed by atoms with van der Waals surface area (Å²) in [5.74, 6) is -1.27. The van der Waals surface area contributed by atoms with Crippen LogP contribution in [0.1, 0.15) is 25.7 Å². The van der Waals surface area contributed by atoms with E-state index in [-0.39, 0.29) is 10.7 Å². The molecule has 18 heavy (non-hydrogen) atoms. The monoisotopic (exact) mass is 293 g/mol. The number of halogens is 2. The van der Waals surface area contributed by atoms with Gasteiger partial charge < -0.3 is 5.11 Å². The molecule has 0 bridgehead atoms. The van der Waals surface area contributed by atoms with Crippen molar-refractivity contribution in [2.75, 3.05) is 4.72 Å². The summed E-state index contributed by atoms with van der Waals surface area (Å²) in [6, 6.07) is 1.85. The van der Waals surface area contributed by atoms with E-state index in [4.69, 9.17) is 11.6 Å². The molecule has 1 fully saturated rings. The quantitative estimate of drug-likeness (QED) is 0.842. The van der Waals surface area contributed by atoms with Crippen LogP contribution in [0.5, 0.6) is 5.75 Å². The topological polar surface area (TPSA) is 66.4 Å². The minimum absolute atomic E-state index is 0.0895. The molecule has 4 nitrogen and oxygen atoms in total. The predicted octanol–water partition coefficient (Wildman–Crippen LogP) is 2.87. The molecular formula is C11H13ClFNO3S. The summed E-state index contributed by atoms with van der Waals surface area (Å²) in [7, 11) is -3.56. The number of anilines is 1. The van der Waals surface area contributed by atoms with Crippen molar-refractivity contribution < 1.29 is 17.9 Å². The molecule has 1 aromatic rings. The highest BCUT2D eigenvalue weighted by atomic mass is 35.5. The third-order valence-corrected chi connectivity index (χ3v) is 5.18. The highest BCUT2D eigenvalue weighted by molar-refractivity contribution is 7.93. The first kappa shape index (κ1) is 13.4. The summed E-state index contributed by atoms with van der Waals surface area (Å²) in [6.45, 7) is 0. The molecular weight excluding hydrogens is 281 g/mol. The number of hydrogen-bond donors (Lipinski definition) is 2. The number of rotatable bonds is 3. The standard InChI is InChI=1S/C11H13ClFNO3S/c12-8-5-10(11(15)6-9(8)13)14-18(16,17)7-3-1-2-4-7/h5-7,14-15H,1-4H2. The smallest absolute Gasteiger partial charge is 0.235 e. The first-order chi connectivity index (χ1) is 8.40. The Bertz CT molecular complexity index is 556. The molecule has 0 aromatic heterocycles. The van der Waals surface area contributed by atoms with Gasteiger partial charge in [0.1, 0.15) is 11.6 Å². The van der Waals surface area contributed by atoms with E-state index in [9.17, 15) is 17.9 Å². The maximum Gasteiger partial charge on any atom is 0.235 e. The van der Waals surface area contributed by atoms with Crippen molar-refractivity contribution >= 4 is 27.3 Å². The largest absolute Gasteiger partial charge is 0.506 e. The van der Waals surface area contributed by atoms with Gasteiger partial charge in [0.25, 0.3) is 0 Å². The molecule has 7 heteroatoms. The van der Waals surface area contributed by atoms with Gasteiger partial charge in [-0.15, -0.1) is 0 Å². The van der Waals surface area contributed by atoms with Gasteiger partial charge in [0, 0.05) is 6.07 Å². The minimum Gasteiger partial charge on any atom is -0.506 e. The highest BCUT2D eigenvalue weighted by Gasteiger charge is 2.29. The molecule has 100 valence electrons. The first-order valence-corrected chi connectivity index (χ1v) is 7.52. The number of hydrogen-bond acceptors (Lipinski definition) is 3.